The molecule has 1 rings (SSSR count). The first kappa shape index (κ1) is 16.1. The lowest BCUT2D eigenvalue weighted by molar-refractivity contribution is -0.140. The number of nitrogens with two attached hydrogens (primary N) is 1. The summed E-state index contributed by atoms with van der Waals surface area (Å²) in [7, 11) is 0. The summed E-state index contributed by atoms with van der Waals surface area (Å²) in [6, 6.07) is 2.24. The van der Waals surface area contributed by atoms with E-state index in [0.717, 1.165) is 6.07 Å². The molecule has 1 unspecified atom stereocenters. The first-order valence-corrected chi connectivity index (χ1v) is 4.57. The number of benzene rings is 1. The summed E-state index contributed by atoms with van der Waals surface area (Å²) in [6.07, 6.45) is -4.85. The fourth-order valence-electron chi connectivity index (χ4n) is 1.30. The predicted molar refractivity (Wildman–Crippen MR) is 57.4 cm³/mol. The minimum absolute atomic E-state index is 0. The van der Waals surface area contributed by atoms with Gasteiger partial charge in [0.05, 0.1) is 12.2 Å². The van der Waals surface area contributed by atoms with Crippen LogP contribution in [-0.2, 0) is 12.6 Å². The van der Waals surface area contributed by atoms with Crippen LogP contribution in [0.2, 0.25) is 0 Å². The van der Waals surface area contributed by atoms with Gasteiger partial charge in [0.2, 0.25) is 0 Å². The summed E-state index contributed by atoms with van der Waals surface area (Å²) in [5.41, 5.74) is 3.88. The fourth-order valence-corrected chi connectivity index (χ4v) is 1.30. The number of alkyl halides is 3. The Morgan fingerprint density at radius 1 is 1.29 bits per heavy atom. The van der Waals surface area contributed by atoms with Crippen molar-refractivity contribution in [2.75, 3.05) is 6.61 Å². The molecule has 7 heteroatoms. The minimum atomic E-state index is -4.72. The van der Waals surface area contributed by atoms with Crippen LogP contribution in [0, 0.1) is 5.82 Å². The molecule has 0 fully saturated rings. The normalized spacial score (nSPS) is 13.1. The molecule has 0 spiro atoms. The van der Waals surface area contributed by atoms with E-state index in [4.69, 9.17) is 10.8 Å². The molecular formula is C10H12ClF4NO. The average Bonchev–Trinajstić information content (AvgIpc) is 2.19. The van der Waals surface area contributed by atoms with Crippen molar-refractivity contribution >= 4 is 12.4 Å². The van der Waals surface area contributed by atoms with Gasteiger partial charge in [-0.25, -0.2) is 4.39 Å². The van der Waals surface area contributed by atoms with Gasteiger partial charge in [0.15, 0.2) is 0 Å². The van der Waals surface area contributed by atoms with E-state index in [1.807, 2.05) is 0 Å². The summed E-state index contributed by atoms with van der Waals surface area (Å²) in [5, 5.41) is 8.65. The maximum atomic E-state index is 13.4. The number of hydrogen-bond acceptors (Lipinski definition) is 2. The Labute approximate surface area is 102 Å². The summed E-state index contributed by atoms with van der Waals surface area (Å²) in [6.45, 7) is -0.407. The van der Waals surface area contributed by atoms with Crippen molar-refractivity contribution in [3.8, 4) is 0 Å². The van der Waals surface area contributed by atoms with Crippen LogP contribution in [-0.4, -0.2) is 17.8 Å². The van der Waals surface area contributed by atoms with Crippen LogP contribution in [0.1, 0.15) is 11.1 Å². The van der Waals surface area contributed by atoms with Crippen LogP contribution >= 0.6 is 12.4 Å². The van der Waals surface area contributed by atoms with Gasteiger partial charge in [-0.2, -0.15) is 13.2 Å². The minimum Gasteiger partial charge on any atom is -0.395 e. The zero-order chi connectivity index (χ0) is 12.3. The molecule has 17 heavy (non-hydrogen) atoms. The highest BCUT2D eigenvalue weighted by Crippen LogP contribution is 2.32. The van der Waals surface area contributed by atoms with E-state index in [2.05, 4.69) is 0 Å². The zero-order valence-electron chi connectivity index (χ0n) is 8.67. The Bertz CT molecular complexity index is 370. The van der Waals surface area contributed by atoms with Crippen molar-refractivity contribution in [1.29, 1.82) is 0 Å². The third-order valence-corrected chi connectivity index (χ3v) is 2.10. The Morgan fingerprint density at radius 2 is 1.88 bits per heavy atom. The van der Waals surface area contributed by atoms with Gasteiger partial charge in [0.1, 0.15) is 5.82 Å². The molecule has 0 aliphatic heterocycles. The van der Waals surface area contributed by atoms with Gasteiger partial charge in [0, 0.05) is 6.04 Å². The molecule has 0 amide bonds. The third kappa shape index (κ3) is 4.14. The molecule has 0 saturated heterocycles. The highest BCUT2D eigenvalue weighted by atomic mass is 35.5. The van der Waals surface area contributed by atoms with E-state index in [0.29, 0.717) is 6.07 Å². The van der Waals surface area contributed by atoms with Crippen molar-refractivity contribution in [3.63, 3.8) is 0 Å². The molecule has 1 atom stereocenters. The van der Waals surface area contributed by atoms with E-state index in [1.165, 1.54) is 6.07 Å². The summed E-state index contributed by atoms with van der Waals surface area (Å²) < 4.78 is 50.4. The first-order chi connectivity index (χ1) is 7.36. The standard InChI is InChI=1S/C10H11F4NO.ClH/c11-9-6(4-7(15)5-16)2-1-3-8(9)10(12,13)14;/h1-3,7,16H,4-5,15H2;1H. The number of aliphatic hydroxyl groups excluding tert-OH is 1. The first-order valence-electron chi connectivity index (χ1n) is 4.57. The van der Waals surface area contributed by atoms with E-state index in [1.54, 1.807) is 0 Å². The third-order valence-electron chi connectivity index (χ3n) is 2.10. The van der Waals surface area contributed by atoms with Crippen LogP contribution in [0.15, 0.2) is 18.2 Å². The molecule has 0 aliphatic carbocycles. The fraction of sp³-hybridized carbons (Fsp3) is 0.400. The Morgan fingerprint density at radius 3 is 2.35 bits per heavy atom. The average molecular weight is 274 g/mol. The van der Waals surface area contributed by atoms with Gasteiger partial charge in [-0.1, -0.05) is 12.1 Å². The lowest BCUT2D eigenvalue weighted by atomic mass is 10.0. The van der Waals surface area contributed by atoms with Gasteiger partial charge in [-0.15, -0.1) is 12.4 Å². The van der Waals surface area contributed by atoms with Gasteiger partial charge < -0.3 is 10.8 Å². The van der Waals surface area contributed by atoms with E-state index >= 15 is 0 Å². The molecule has 0 saturated carbocycles. The Kier molecular flexibility index (Phi) is 5.87. The summed E-state index contributed by atoms with van der Waals surface area (Å²) in [4.78, 5) is 0. The van der Waals surface area contributed by atoms with Crippen LogP contribution in [0.25, 0.3) is 0 Å². The van der Waals surface area contributed by atoms with E-state index in [9.17, 15) is 17.6 Å². The Balaban J connectivity index is 0.00000256. The Hall–Kier alpha value is -0.850. The predicted octanol–water partition coefficient (Wildman–Crippen LogP) is 2.13. The second kappa shape index (κ2) is 6.18. The van der Waals surface area contributed by atoms with Crippen molar-refractivity contribution in [3.05, 3.63) is 35.1 Å². The molecular weight excluding hydrogens is 262 g/mol. The number of aliphatic hydroxyl groups is 1. The zero-order valence-corrected chi connectivity index (χ0v) is 9.48. The second-order valence-corrected chi connectivity index (χ2v) is 3.42. The van der Waals surface area contributed by atoms with Crippen molar-refractivity contribution in [1.82, 2.24) is 0 Å². The SMILES string of the molecule is Cl.NC(CO)Cc1cccc(C(F)(F)F)c1F. The summed E-state index contributed by atoms with van der Waals surface area (Å²) in [5.74, 6) is -1.32. The van der Waals surface area contributed by atoms with Gasteiger partial charge >= 0.3 is 6.18 Å². The molecule has 1 aromatic carbocycles. The van der Waals surface area contributed by atoms with Crippen molar-refractivity contribution < 1.29 is 22.7 Å². The van der Waals surface area contributed by atoms with Crippen LogP contribution < -0.4 is 5.73 Å². The lowest BCUT2D eigenvalue weighted by Crippen LogP contribution is -2.27. The van der Waals surface area contributed by atoms with Crippen LogP contribution in [0.4, 0.5) is 17.6 Å². The van der Waals surface area contributed by atoms with Gasteiger partial charge in [-0.05, 0) is 18.1 Å². The largest absolute Gasteiger partial charge is 0.419 e. The molecule has 2 nitrogen and oxygen atoms in total. The van der Waals surface area contributed by atoms with Crippen molar-refractivity contribution in [2.24, 2.45) is 5.73 Å². The molecule has 0 radical (unpaired) electrons. The van der Waals surface area contributed by atoms with Gasteiger partial charge in [-0.3, -0.25) is 0 Å². The molecule has 1 aromatic rings. The summed E-state index contributed by atoms with van der Waals surface area (Å²) >= 11 is 0. The number of halogens is 5. The van der Waals surface area contributed by atoms with Crippen molar-refractivity contribution in [2.45, 2.75) is 18.6 Å². The number of rotatable bonds is 3. The number of hydrogen-bond donors (Lipinski definition) is 2. The van der Waals surface area contributed by atoms with E-state index < -0.39 is 30.2 Å². The highest BCUT2D eigenvalue weighted by molar-refractivity contribution is 5.85. The highest BCUT2D eigenvalue weighted by Gasteiger charge is 2.34. The molecule has 0 aliphatic rings. The topological polar surface area (TPSA) is 46.2 Å². The maximum Gasteiger partial charge on any atom is 0.419 e. The quantitative estimate of drug-likeness (QED) is 0.829. The van der Waals surface area contributed by atoms with Gasteiger partial charge in [0.25, 0.3) is 0 Å². The molecule has 0 bridgehead atoms. The second-order valence-electron chi connectivity index (χ2n) is 3.42. The molecule has 3 N–H and O–H groups in total. The molecule has 0 aromatic heterocycles. The monoisotopic (exact) mass is 273 g/mol. The van der Waals surface area contributed by atoms with Crippen LogP contribution in [0.5, 0.6) is 0 Å². The van der Waals surface area contributed by atoms with E-state index in [-0.39, 0.29) is 24.4 Å². The molecule has 98 valence electrons. The lowest BCUT2D eigenvalue weighted by Gasteiger charge is -2.13. The maximum absolute atomic E-state index is 13.4. The molecule has 0 heterocycles. The van der Waals surface area contributed by atoms with Crippen LogP contribution in [0.3, 0.4) is 0 Å². The smallest absolute Gasteiger partial charge is 0.395 e.